The molecule has 15 heavy (non-hydrogen) atoms. The largest absolute Gasteiger partial charge is 0.391 e. The average Bonchev–Trinajstić information content (AvgIpc) is 2.01. The Balaban J connectivity index is 3.53. The van der Waals surface area contributed by atoms with Crippen molar-refractivity contribution in [1.82, 2.24) is 5.32 Å². The summed E-state index contributed by atoms with van der Waals surface area (Å²) in [6.45, 7) is 6.39. The van der Waals surface area contributed by atoms with Crippen LogP contribution in [-0.2, 0) is 4.74 Å². The van der Waals surface area contributed by atoms with Gasteiger partial charge in [0.15, 0.2) is 0 Å². The van der Waals surface area contributed by atoms with E-state index in [1.165, 1.54) is 0 Å². The van der Waals surface area contributed by atoms with Gasteiger partial charge in [0.2, 0.25) is 0 Å². The summed E-state index contributed by atoms with van der Waals surface area (Å²) in [7, 11) is 0. The molecule has 1 N–H and O–H groups in total. The third-order valence-corrected chi connectivity index (χ3v) is 2.03. The molecule has 2 atom stereocenters. The molecule has 0 aromatic rings. The number of nitrogens with one attached hydrogen (secondary N) is 1. The molecule has 0 heterocycles. The highest BCUT2D eigenvalue weighted by atomic mass is 19.4. The smallest absolute Gasteiger partial charge is 0.378 e. The van der Waals surface area contributed by atoms with E-state index in [-0.39, 0.29) is 18.8 Å². The van der Waals surface area contributed by atoms with Crippen molar-refractivity contribution in [1.29, 1.82) is 0 Å². The topological polar surface area (TPSA) is 21.3 Å². The molecule has 0 radical (unpaired) electrons. The lowest BCUT2D eigenvalue weighted by Gasteiger charge is -2.18. The van der Waals surface area contributed by atoms with E-state index < -0.39 is 12.6 Å². The van der Waals surface area contributed by atoms with Gasteiger partial charge in [-0.2, -0.15) is 13.2 Å². The van der Waals surface area contributed by atoms with Crippen LogP contribution in [0.15, 0.2) is 0 Å². The van der Waals surface area contributed by atoms with Crippen LogP contribution in [0.25, 0.3) is 0 Å². The number of rotatable bonds is 7. The summed E-state index contributed by atoms with van der Waals surface area (Å²) in [5.41, 5.74) is 0. The fraction of sp³-hybridized carbons (Fsp3) is 1.00. The number of hydrogen-bond acceptors (Lipinski definition) is 2. The Hall–Kier alpha value is -0.290. The first-order chi connectivity index (χ1) is 6.85. The number of hydrogen-bond donors (Lipinski definition) is 1. The summed E-state index contributed by atoms with van der Waals surface area (Å²) in [6.07, 6.45) is -4.40. The molecule has 0 bridgehead atoms. The van der Waals surface area contributed by atoms with Gasteiger partial charge in [0.25, 0.3) is 0 Å². The summed E-state index contributed by atoms with van der Waals surface area (Å²) in [4.78, 5) is 0. The zero-order valence-corrected chi connectivity index (χ0v) is 9.53. The lowest BCUT2D eigenvalue weighted by Crippen LogP contribution is -2.30. The lowest BCUT2D eigenvalue weighted by atomic mass is 10.1. The van der Waals surface area contributed by atoms with E-state index in [0.717, 1.165) is 13.0 Å². The van der Waals surface area contributed by atoms with Crippen LogP contribution in [0.1, 0.15) is 33.6 Å². The Morgan fingerprint density at radius 2 is 1.87 bits per heavy atom. The molecule has 5 heteroatoms. The minimum atomic E-state index is -4.12. The van der Waals surface area contributed by atoms with Crippen molar-refractivity contribution in [2.45, 2.75) is 51.9 Å². The van der Waals surface area contributed by atoms with Gasteiger partial charge < -0.3 is 10.1 Å². The van der Waals surface area contributed by atoms with Crippen molar-refractivity contribution in [3.05, 3.63) is 0 Å². The zero-order chi connectivity index (χ0) is 11.9. The summed E-state index contributed by atoms with van der Waals surface area (Å²) >= 11 is 0. The normalized spacial score (nSPS) is 16.4. The summed E-state index contributed by atoms with van der Waals surface area (Å²) in [6, 6.07) is 0.274. The van der Waals surface area contributed by atoms with Crippen molar-refractivity contribution in [2.75, 3.05) is 13.2 Å². The molecule has 0 aliphatic heterocycles. The SMILES string of the molecule is CCNC(C)CC(C)OCCC(F)(F)F. The van der Waals surface area contributed by atoms with Crippen LogP contribution in [0.4, 0.5) is 13.2 Å². The number of halogens is 3. The molecule has 0 spiro atoms. The molecule has 2 unspecified atom stereocenters. The predicted molar refractivity (Wildman–Crippen MR) is 53.8 cm³/mol. The molecule has 0 aliphatic rings. The van der Waals surface area contributed by atoms with E-state index in [9.17, 15) is 13.2 Å². The van der Waals surface area contributed by atoms with Crippen molar-refractivity contribution in [3.8, 4) is 0 Å². The van der Waals surface area contributed by atoms with Crippen LogP contribution in [0.2, 0.25) is 0 Å². The van der Waals surface area contributed by atoms with Crippen molar-refractivity contribution >= 4 is 0 Å². The number of ether oxygens (including phenoxy) is 1. The van der Waals surface area contributed by atoms with E-state index in [2.05, 4.69) is 5.32 Å². The summed E-state index contributed by atoms with van der Waals surface area (Å²) in [5, 5.41) is 3.18. The van der Waals surface area contributed by atoms with Gasteiger partial charge in [-0.1, -0.05) is 6.92 Å². The summed E-state index contributed by atoms with van der Waals surface area (Å²) in [5.74, 6) is 0. The van der Waals surface area contributed by atoms with Crippen LogP contribution in [-0.4, -0.2) is 31.5 Å². The Morgan fingerprint density at radius 3 is 2.33 bits per heavy atom. The van der Waals surface area contributed by atoms with Crippen molar-refractivity contribution < 1.29 is 17.9 Å². The third-order valence-electron chi connectivity index (χ3n) is 2.03. The van der Waals surface area contributed by atoms with Gasteiger partial charge >= 0.3 is 6.18 Å². The Labute approximate surface area is 89.2 Å². The van der Waals surface area contributed by atoms with E-state index in [4.69, 9.17) is 4.74 Å². The average molecular weight is 227 g/mol. The van der Waals surface area contributed by atoms with E-state index >= 15 is 0 Å². The quantitative estimate of drug-likeness (QED) is 0.722. The highest BCUT2D eigenvalue weighted by molar-refractivity contribution is 4.64. The second kappa shape index (κ2) is 7.06. The maximum atomic E-state index is 11.8. The molecule has 2 nitrogen and oxygen atoms in total. The van der Waals surface area contributed by atoms with Crippen LogP contribution in [0, 0.1) is 0 Å². The molecular weight excluding hydrogens is 207 g/mol. The fourth-order valence-corrected chi connectivity index (χ4v) is 1.37. The fourth-order valence-electron chi connectivity index (χ4n) is 1.37. The molecule has 0 rings (SSSR count). The van der Waals surface area contributed by atoms with Crippen LogP contribution >= 0.6 is 0 Å². The highest BCUT2D eigenvalue weighted by Gasteiger charge is 2.26. The van der Waals surface area contributed by atoms with Gasteiger partial charge in [0.1, 0.15) is 0 Å². The van der Waals surface area contributed by atoms with Gasteiger partial charge in [0.05, 0.1) is 19.1 Å². The van der Waals surface area contributed by atoms with Gasteiger partial charge in [-0.25, -0.2) is 0 Å². The molecule has 0 amide bonds. The van der Waals surface area contributed by atoms with Gasteiger partial charge in [-0.15, -0.1) is 0 Å². The van der Waals surface area contributed by atoms with Gasteiger partial charge in [0, 0.05) is 6.04 Å². The molecule has 0 aromatic carbocycles. The van der Waals surface area contributed by atoms with Crippen LogP contribution < -0.4 is 5.32 Å². The summed E-state index contributed by atoms with van der Waals surface area (Å²) < 4.78 is 40.5. The first-order valence-electron chi connectivity index (χ1n) is 5.27. The monoisotopic (exact) mass is 227 g/mol. The van der Waals surface area contributed by atoms with E-state index in [1.807, 2.05) is 13.8 Å². The van der Waals surface area contributed by atoms with Gasteiger partial charge in [-0.3, -0.25) is 0 Å². The minimum absolute atomic E-state index is 0.138. The minimum Gasteiger partial charge on any atom is -0.378 e. The predicted octanol–water partition coefficient (Wildman–Crippen LogP) is 2.73. The Kier molecular flexibility index (Phi) is 6.92. The first kappa shape index (κ1) is 14.7. The van der Waals surface area contributed by atoms with Crippen LogP contribution in [0.5, 0.6) is 0 Å². The van der Waals surface area contributed by atoms with Crippen LogP contribution in [0.3, 0.4) is 0 Å². The molecule has 0 fully saturated rings. The molecule has 0 saturated carbocycles. The highest BCUT2D eigenvalue weighted by Crippen LogP contribution is 2.19. The molecule has 0 aliphatic carbocycles. The maximum Gasteiger partial charge on any atom is 0.391 e. The number of alkyl halides is 3. The lowest BCUT2D eigenvalue weighted by molar-refractivity contribution is -0.148. The van der Waals surface area contributed by atoms with Crippen molar-refractivity contribution in [3.63, 3.8) is 0 Å². The van der Waals surface area contributed by atoms with E-state index in [0.29, 0.717) is 0 Å². The molecule has 92 valence electrons. The maximum absolute atomic E-state index is 11.8. The zero-order valence-electron chi connectivity index (χ0n) is 9.53. The molecule has 0 aromatic heterocycles. The third kappa shape index (κ3) is 10.0. The Morgan fingerprint density at radius 1 is 1.27 bits per heavy atom. The van der Waals surface area contributed by atoms with Crippen molar-refractivity contribution in [2.24, 2.45) is 0 Å². The van der Waals surface area contributed by atoms with E-state index in [1.54, 1.807) is 6.92 Å². The Bertz CT molecular complexity index is 161. The molecule has 0 saturated heterocycles. The molecular formula is C10H20F3NO. The first-order valence-corrected chi connectivity index (χ1v) is 5.27. The van der Waals surface area contributed by atoms with Gasteiger partial charge in [-0.05, 0) is 26.8 Å². The second-order valence-electron chi connectivity index (χ2n) is 3.74. The second-order valence-corrected chi connectivity index (χ2v) is 3.74. The standard InChI is InChI=1S/C10H20F3NO/c1-4-14-8(2)7-9(3)15-6-5-10(11,12)13/h8-9,14H,4-7H2,1-3H3.